The Kier molecular flexibility index (Phi) is 11.6. The highest BCUT2D eigenvalue weighted by atomic mass is 16.4. The minimum Gasteiger partial charge on any atom is -0.478 e. The molecular weight excluding hydrogens is 701 g/mol. The number of benzene rings is 2. The average Bonchev–Trinajstić information content (AvgIpc) is 4.03. The second-order valence-corrected chi connectivity index (χ2v) is 15.0. The van der Waals surface area contributed by atoms with Gasteiger partial charge in [-0.25, -0.2) is 14.6 Å². The fourth-order valence-corrected chi connectivity index (χ4v) is 8.02. The van der Waals surface area contributed by atoms with Crippen molar-refractivity contribution >= 4 is 46.2 Å². The molecular formula is C47H50N4O5. The largest absolute Gasteiger partial charge is 0.478 e. The molecule has 8 bridgehead atoms. The number of rotatable bonds is 14. The highest BCUT2D eigenvalue weighted by Crippen LogP contribution is 2.43. The standard InChI is InChI=1S/C47H50N4O5/c1-4-6-8-10-12-33-35-22-23-37(48-35)34(13-11-9-7-5-2)44-45(52)28(3)43(51-44)42(30-16-20-32(21-17-30)47(55)56)40-27-26-39(50-40)41(38-25-24-36(33)49-38)29-14-18-31(19-15-29)46(53)54/h14-28,45,48,50,52H,4-13H2,1-3H3,(H,53,54)(H,55,56)/t28-,45-/m1/s1. The van der Waals surface area contributed by atoms with E-state index in [0.717, 1.165) is 131 Å². The van der Waals surface area contributed by atoms with Gasteiger partial charge >= 0.3 is 11.9 Å². The van der Waals surface area contributed by atoms with E-state index < -0.39 is 18.0 Å². The van der Waals surface area contributed by atoms with Gasteiger partial charge in [-0.2, -0.15) is 0 Å². The highest BCUT2D eigenvalue weighted by Gasteiger charge is 2.32. The number of hydrogen-bond donors (Lipinski definition) is 5. The van der Waals surface area contributed by atoms with E-state index in [0.29, 0.717) is 11.4 Å². The van der Waals surface area contributed by atoms with E-state index in [-0.39, 0.29) is 17.0 Å². The lowest BCUT2D eigenvalue weighted by atomic mass is 9.92. The van der Waals surface area contributed by atoms with Crippen LogP contribution in [-0.2, 0) is 12.8 Å². The Morgan fingerprint density at radius 2 is 1.05 bits per heavy atom. The van der Waals surface area contributed by atoms with Crippen molar-refractivity contribution in [2.24, 2.45) is 0 Å². The van der Waals surface area contributed by atoms with Crippen LogP contribution in [0.3, 0.4) is 0 Å². The molecule has 0 aliphatic carbocycles. The number of fused-ring (bicyclic) bond motifs is 8. The van der Waals surface area contributed by atoms with Crippen LogP contribution in [0.25, 0.3) is 56.5 Å². The average molecular weight is 751 g/mol. The smallest absolute Gasteiger partial charge is 0.335 e. The summed E-state index contributed by atoms with van der Waals surface area (Å²) < 4.78 is 0. The number of unbranched alkanes of at least 4 members (excludes halogenated alkanes) is 6. The Labute approximate surface area is 327 Å². The van der Waals surface area contributed by atoms with E-state index in [1.54, 1.807) is 36.4 Å². The van der Waals surface area contributed by atoms with Gasteiger partial charge in [-0.05, 0) is 103 Å². The molecule has 288 valence electrons. The Bertz CT molecular complexity index is 2440. The SMILES string of the molecule is CCCCCCc1c2nc(c(-c3ccc(C(=O)O)cc3)c3ccc([nH]3)c(-c3ccc(C(=O)O)cc3)c3nc(c(CCCCCC)c4ccc1[nH]4)[C@H](O)[C@@H]3C)C=C2. The fourth-order valence-electron chi connectivity index (χ4n) is 8.02. The first-order valence-corrected chi connectivity index (χ1v) is 20.0. The summed E-state index contributed by atoms with van der Waals surface area (Å²) in [6.45, 7) is 6.41. The number of aromatic carboxylic acids is 2. The van der Waals surface area contributed by atoms with Gasteiger partial charge in [0.05, 0.1) is 33.9 Å². The number of aliphatic hydroxyl groups is 1. The molecule has 0 fully saturated rings. The van der Waals surface area contributed by atoms with E-state index in [9.17, 15) is 24.9 Å². The number of aliphatic hydroxyl groups excluding tert-OH is 1. The Morgan fingerprint density at radius 1 is 0.571 bits per heavy atom. The Balaban J connectivity index is 1.60. The molecule has 0 radical (unpaired) electrons. The molecule has 2 aliphatic heterocycles. The van der Waals surface area contributed by atoms with Crippen LogP contribution >= 0.6 is 0 Å². The first-order chi connectivity index (χ1) is 27.2. The quantitative estimate of drug-likeness (QED) is 0.0695. The van der Waals surface area contributed by atoms with Crippen molar-refractivity contribution in [3.8, 4) is 22.3 Å². The lowest BCUT2D eigenvalue weighted by Gasteiger charge is -2.14. The lowest BCUT2D eigenvalue weighted by molar-refractivity contribution is 0.0686. The van der Waals surface area contributed by atoms with Crippen LogP contribution in [0.1, 0.15) is 139 Å². The zero-order chi connectivity index (χ0) is 39.3. The number of carboxylic acid groups (broad SMARTS) is 2. The summed E-state index contributed by atoms with van der Waals surface area (Å²) in [5.74, 6) is -2.38. The second-order valence-electron chi connectivity index (χ2n) is 15.0. The summed E-state index contributed by atoms with van der Waals surface area (Å²) in [4.78, 5) is 41.7. The summed E-state index contributed by atoms with van der Waals surface area (Å²) in [6.07, 6.45) is 13.6. The molecule has 5 heterocycles. The normalized spacial score (nSPS) is 15.0. The van der Waals surface area contributed by atoms with Crippen molar-refractivity contribution in [1.82, 2.24) is 19.9 Å². The van der Waals surface area contributed by atoms with Gasteiger partial charge in [0.2, 0.25) is 0 Å². The maximum atomic E-state index is 12.1. The number of hydrogen-bond acceptors (Lipinski definition) is 5. The van der Waals surface area contributed by atoms with Gasteiger partial charge < -0.3 is 25.3 Å². The maximum absolute atomic E-state index is 12.1. The van der Waals surface area contributed by atoms with Crippen molar-refractivity contribution in [2.45, 2.75) is 97.0 Å². The molecule has 0 saturated heterocycles. The predicted octanol–water partition coefficient (Wildman–Crippen LogP) is 11.3. The predicted molar refractivity (Wildman–Crippen MR) is 224 cm³/mol. The number of nitrogens with zero attached hydrogens (tertiary/aromatic N) is 2. The summed E-state index contributed by atoms with van der Waals surface area (Å²) in [6, 6.07) is 21.8. The summed E-state index contributed by atoms with van der Waals surface area (Å²) in [7, 11) is 0. The third kappa shape index (κ3) is 7.82. The molecule has 5 N–H and O–H groups in total. The van der Waals surface area contributed by atoms with Crippen molar-refractivity contribution < 1.29 is 24.9 Å². The molecule has 3 aromatic heterocycles. The number of carboxylic acids is 2. The fraction of sp³-hybridized carbons (Fsp3) is 0.319. The van der Waals surface area contributed by atoms with Crippen molar-refractivity contribution in [1.29, 1.82) is 0 Å². The van der Waals surface area contributed by atoms with Crippen LogP contribution in [0.4, 0.5) is 0 Å². The summed E-state index contributed by atoms with van der Waals surface area (Å²) >= 11 is 0. The number of nitrogens with one attached hydrogen (secondary N) is 2. The first kappa shape index (κ1) is 38.5. The van der Waals surface area contributed by atoms with Gasteiger partial charge in [-0.1, -0.05) is 83.6 Å². The first-order valence-electron chi connectivity index (χ1n) is 20.0. The van der Waals surface area contributed by atoms with E-state index in [1.165, 1.54) is 0 Å². The van der Waals surface area contributed by atoms with Gasteiger partial charge in [0.15, 0.2) is 0 Å². The number of H-pyrrole nitrogens is 2. The molecule has 0 unspecified atom stereocenters. The van der Waals surface area contributed by atoms with Crippen LogP contribution in [0.15, 0.2) is 72.8 Å². The Hall–Kier alpha value is -5.80. The molecule has 0 saturated carbocycles. The van der Waals surface area contributed by atoms with Crippen molar-refractivity contribution in [3.05, 3.63) is 118 Å². The van der Waals surface area contributed by atoms with E-state index in [1.807, 2.05) is 37.3 Å². The molecule has 2 atom stereocenters. The molecule has 2 aromatic carbocycles. The molecule has 0 amide bonds. The molecule has 9 heteroatoms. The van der Waals surface area contributed by atoms with Crippen molar-refractivity contribution in [2.75, 3.05) is 0 Å². The van der Waals surface area contributed by atoms with Gasteiger partial charge in [0, 0.05) is 44.7 Å². The zero-order valence-electron chi connectivity index (χ0n) is 32.4. The van der Waals surface area contributed by atoms with E-state index in [4.69, 9.17) is 9.97 Å². The molecule has 5 aromatic rings. The molecule has 9 nitrogen and oxygen atoms in total. The van der Waals surface area contributed by atoms with E-state index in [2.05, 4.69) is 42.0 Å². The van der Waals surface area contributed by atoms with Crippen LogP contribution < -0.4 is 0 Å². The van der Waals surface area contributed by atoms with Gasteiger partial charge in [0.1, 0.15) is 6.10 Å². The summed E-state index contributed by atoms with van der Waals surface area (Å²) in [5.41, 5.74) is 12.0. The second kappa shape index (κ2) is 16.9. The minimum absolute atomic E-state index is 0.175. The van der Waals surface area contributed by atoms with Crippen LogP contribution in [0.2, 0.25) is 0 Å². The zero-order valence-corrected chi connectivity index (χ0v) is 32.4. The van der Waals surface area contributed by atoms with Crippen LogP contribution in [-0.4, -0.2) is 47.2 Å². The molecule has 7 rings (SSSR count). The summed E-state index contributed by atoms with van der Waals surface area (Å²) in [5, 5.41) is 31.5. The highest BCUT2D eigenvalue weighted by molar-refractivity contribution is 5.95. The molecule has 56 heavy (non-hydrogen) atoms. The topological polar surface area (TPSA) is 152 Å². The Morgan fingerprint density at radius 3 is 1.62 bits per heavy atom. The monoisotopic (exact) mass is 750 g/mol. The third-order valence-electron chi connectivity index (χ3n) is 11.2. The number of aromatic amines is 2. The lowest BCUT2D eigenvalue weighted by Crippen LogP contribution is -2.04. The number of aryl methyl sites for hydroxylation is 2. The van der Waals surface area contributed by atoms with Crippen LogP contribution in [0, 0.1) is 0 Å². The van der Waals surface area contributed by atoms with Gasteiger partial charge in [-0.15, -0.1) is 0 Å². The minimum atomic E-state index is -1.01. The number of carbonyl (C=O) groups is 2. The number of aromatic nitrogens is 4. The van der Waals surface area contributed by atoms with Gasteiger partial charge in [0.25, 0.3) is 0 Å². The maximum Gasteiger partial charge on any atom is 0.335 e. The van der Waals surface area contributed by atoms with E-state index >= 15 is 0 Å². The van der Waals surface area contributed by atoms with Gasteiger partial charge in [-0.3, -0.25) is 4.98 Å². The third-order valence-corrected chi connectivity index (χ3v) is 11.2. The van der Waals surface area contributed by atoms with Crippen LogP contribution in [0.5, 0.6) is 0 Å². The molecule has 0 spiro atoms. The molecule has 2 aliphatic rings. The van der Waals surface area contributed by atoms with Crippen molar-refractivity contribution in [3.63, 3.8) is 0 Å².